The van der Waals surface area contributed by atoms with E-state index in [2.05, 4.69) is 96.2 Å². The van der Waals surface area contributed by atoms with Crippen LogP contribution in [0.15, 0.2) is 24.3 Å². The molecule has 0 saturated carbocycles. The first-order chi connectivity index (χ1) is 9.59. The summed E-state index contributed by atoms with van der Waals surface area (Å²) in [4.78, 5) is 0. The van der Waals surface area contributed by atoms with Crippen molar-refractivity contribution in [3.8, 4) is 0 Å². The van der Waals surface area contributed by atoms with Crippen LogP contribution in [0.2, 0.25) is 0 Å². The summed E-state index contributed by atoms with van der Waals surface area (Å²) in [6.07, 6.45) is 0. The smallest absolute Gasteiger partial charge is 0.0122 e. The molecule has 0 spiro atoms. The first kappa shape index (κ1) is 23.7. The quantitative estimate of drug-likeness (QED) is 0.440. The number of allylic oxidation sites excluding steroid dienone is 2. The lowest BCUT2D eigenvalue weighted by Crippen LogP contribution is -2.24. The molecule has 0 aromatic rings. The second kappa shape index (κ2) is 8.94. The topological polar surface area (TPSA) is 0 Å². The maximum atomic E-state index is 4.15. The molecule has 0 nitrogen and oxygen atoms in total. The van der Waals surface area contributed by atoms with E-state index in [-0.39, 0.29) is 10.8 Å². The predicted octanol–water partition coefficient (Wildman–Crippen LogP) is 7.76. The van der Waals surface area contributed by atoms with Gasteiger partial charge >= 0.3 is 0 Å². The molecular weight excluding hydrogens is 264 g/mol. The average molecular weight is 309 g/mol. The molecule has 0 heterocycles. The van der Waals surface area contributed by atoms with Crippen LogP contribution in [0.1, 0.15) is 83.1 Å². The Morgan fingerprint density at radius 1 is 0.545 bits per heavy atom. The predicted molar refractivity (Wildman–Crippen MR) is 105 cm³/mol. The van der Waals surface area contributed by atoms with E-state index in [1.807, 2.05) is 0 Å². The molecule has 0 aromatic carbocycles. The number of hydrogen-bond acceptors (Lipinski definition) is 0. The largest absolute Gasteiger partial charge is 0.0991 e. The van der Waals surface area contributed by atoms with Crippen molar-refractivity contribution in [2.45, 2.75) is 83.1 Å². The van der Waals surface area contributed by atoms with Gasteiger partial charge in [0.1, 0.15) is 0 Å². The molecule has 22 heavy (non-hydrogen) atoms. The zero-order valence-electron chi connectivity index (χ0n) is 17.7. The van der Waals surface area contributed by atoms with Crippen molar-refractivity contribution in [1.82, 2.24) is 0 Å². The molecule has 132 valence electrons. The summed E-state index contributed by atoms with van der Waals surface area (Å²) >= 11 is 0. The van der Waals surface area contributed by atoms with Gasteiger partial charge in [-0.05, 0) is 34.5 Å². The van der Waals surface area contributed by atoms with E-state index in [0.717, 1.165) is 0 Å². The van der Waals surface area contributed by atoms with Gasteiger partial charge in [-0.25, -0.2) is 0 Å². The van der Waals surface area contributed by atoms with Crippen LogP contribution in [0.3, 0.4) is 0 Å². The first-order valence-electron chi connectivity index (χ1n) is 8.98. The Morgan fingerprint density at radius 3 is 0.773 bits per heavy atom. The monoisotopic (exact) mass is 308 g/mol. The number of rotatable bonds is 6. The van der Waals surface area contributed by atoms with Crippen LogP contribution in [0.4, 0.5) is 0 Å². The third-order valence-electron chi connectivity index (χ3n) is 5.94. The third-order valence-corrected chi connectivity index (χ3v) is 5.94. The standard InChI is InChI=1S/2C11H22/c2*1-8(2)10(5)11(6,7)9(3)4/h2*8-9H,5H2,1-4,6-7H3. The molecular formula is C22H44. The minimum Gasteiger partial charge on any atom is -0.0991 e. The summed E-state index contributed by atoms with van der Waals surface area (Å²) in [5.41, 5.74) is 3.31. The van der Waals surface area contributed by atoms with E-state index >= 15 is 0 Å². The Morgan fingerprint density at radius 2 is 0.727 bits per heavy atom. The van der Waals surface area contributed by atoms with Crippen molar-refractivity contribution in [2.75, 3.05) is 0 Å². The highest BCUT2D eigenvalue weighted by Crippen LogP contribution is 2.38. The van der Waals surface area contributed by atoms with E-state index in [1.165, 1.54) is 11.1 Å². The summed E-state index contributed by atoms with van der Waals surface area (Å²) in [6.45, 7) is 35.3. The van der Waals surface area contributed by atoms with Crippen molar-refractivity contribution in [3.63, 3.8) is 0 Å². The SMILES string of the molecule is C=C(C(C)C)C(C)(C)C(C)C.C=C(C(C)C)C(C)(C)C(C)C. The van der Waals surface area contributed by atoms with Gasteiger partial charge in [-0.1, -0.05) is 107 Å². The fourth-order valence-electron chi connectivity index (χ4n) is 2.23. The fraction of sp³-hybridized carbons (Fsp3) is 0.818. The molecule has 0 N–H and O–H groups in total. The zero-order chi connectivity index (χ0) is 18.5. The summed E-state index contributed by atoms with van der Waals surface area (Å²) in [5, 5.41) is 0. The lowest BCUT2D eigenvalue weighted by molar-refractivity contribution is 0.288. The van der Waals surface area contributed by atoms with Gasteiger partial charge in [-0.15, -0.1) is 0 Å². The Kier molecular flexibility index (Phi) is 9.65. The number of hydrogen-bond donors (Lipinski definition) is 0. The molecule has 0 radical (unpaired) electrons. The normalized spacial score (nSPS) is 12.7. The maximum absolute atomic E-state index is 4.15. The Balaban J connectivity index is 0. The van der Waals surface area contributed by atoms with Crippen LogP contribution in [-0.4, -0.2) is 0 Å². The summed E-state index contributed by atoms with van der Waals surface area (Å²) in [5.74, 6) is 2.56. The second-order valence-electron chi connectivity index (χ2n) is 9.11. The summed E-state index contributed by atoms with van der Waals surface area (Å²) in [6, 6.07) is 0. The zero-order valence-corrected chi connectivity index (χ0v) is 17.7. The first-order valence-corrected chi connectivity index (χ1v) is 8.98. The summed E-state index contributed by atoms with van der Waals surface area (Å²) < 4.78 is 0. The molecule has 0 aliphatic rings. The van der Waals surface area contributed by atoms with Gasteiger partial charge in [0.25, 0.3) is 0 Å². The van der Waals surface area contributed by atoms with Crippen molar-refractivity contribution < 1.29 is 0 Å². The average Bonchev–Trinajstić information content (AvgIpc) is 2.36. The van der Waals surface area contributed by atoms with E-state index in [4.69, 9.17) is 0 Å². The second-order valence-corrected chi connectivity index (χ2v) is 9.11. The molecule has 0 bridgehead atoms. The molecule has 0 amide bonds. The van der Waals surface area contributed by atoms with Gasteiger partial charge in [0, 0.05) is 0 Å². The molecule has 0 aliphatic carbocycles. The third kappa shape index (κ3) is 6.71. The van der Waals surface area contributed by atoms with Gasteiger partial charge in [0.15, 0.2) is 0 Å². The molecule has 0 aliphatic heterocycles. The Bertz CT molecular complexity index is 312. The van der Waals surface area contributed by atoms with E-state index in [9.17, 15) is 0 Å². The molecule has 0 fully saturated rings. The van der Waals surface area contributed by atoms with Crippen LogP contribution in [-0.2, 0) is 0 Å². The molecule has 0 rings (SSSR count). The van der Waals surface area contributed by atoms with E-state index in [0.29, 0.717) is 23.7 Å². The van der Waals surface area contributed by atoms with Crippen LogP contribution in [0.5, 0.6) is 0 Å². The lowest BCUT2D eigenvalue weighted by Gasteiger charge is -2.34. The van der Waals surface area contributed by atoms with Crippen molar-refractivity contribution in [3.05, 3.63) is 24.3 Å². The minimum absolute atomic E-state index is 0.286. The highest BCUT2D eigenvalue weighted by atomic mass is 14.3. The maximum Gasteiger partial charge on any atom is -0.0122 e. The Hall–Kier alpha value is -0.520. The van der Waals surface area contributed by atoms with Gasteiger partial charge in [0.2, 0.25) is 0 Å². The van der Waals surface area contributed by atoms with E-state index < -0.39 is 0 Å². The fourth-order valence-corrected chi connectivity index (χ4v) is 2.23. The van der Waals surface area contributed by atoms with Crippen molar-refractivity contribution in [1.29, 1.82) is 0 Å². The van der Waals surface area contributed by atoms with Gasteiger partial charge < -0.3 is 0 Å². The molecule has 0 atom stereocenters. The molecule has 0 heteroatoms. The molecule has 0 aromatic heterocycles. The van der Waals surface area contributed by atoms with Crippen LogP contribution in [0, 0.1) is 34.5 Å². The Labute approximate surface area is 142 Å². The lowest BCUT2D eigenvalue weighted by atomic mass is 9.72. The minimum atomic E-state index is 0.286. The highest BCUT2D eigenvalue weighted by Gasteiger charge is 2.27. The van der Waals surface area contributed by atoms with Gasteiger partial charge in [-0.2, -0.15) is 0 Å². The molecule has 0 saturated heterocycles. The van der Waals surface area contributed by atoms with Gasteiger partial charge in [-0.3, -0.25) is 0 Å². The van der Waals surface area contributed by atoms with E-state index in [1.54, 1.807) is 0 Å². The summed E-state index contributed by atoms with van der Waals surface area (Å²) in [7, 11) is 0. The van der Waals surface area contributed by atoms with Crippen LogP contribution >= 0.6 is 0 Å². The van der Waals surface area contributed by atoms with Crippen LogP contribution in [0.25, 0.3) is 0 Å². The van der Waals surface area contributed by atoms with Crippen LogP contribution < -0.4 is 0 Å². The highest BCUT2D eigenvalue weighted by molar-refractivity contribution is 5.11. The van der Waals surface area contributed by atoms with Crippen molar-refractivity contribution in [2.24, 2.45) is 34.5 Å². The van der Waals surface area contributed by atoms with Crippen molar-refractivity contribution >= 4 is 0 Å². The van der Waals surface area contributed by atoms with Gasteiger partial charge in [0.05, 0.1) is 0 Å². The molecule has 0 unspecified atom stereocenters.